The van der Waals surface area contributed by atoms with E-state index in [2.05, 4.69) is 5.32 Å². The number of nitrogens with one attached hydrogen (secondary N) is 1. The molecule has 122 valence electrons. The monoisotopic (exact) mass is 331 g/mol. The molecular weight excluding hydrogens is 313 g/mol. The molecule has 1 amide bonds. The highest BCUT2D eigenvalue weighted by atomic mass is 35.5. The van der Waals surface area contributed by atoms with Crippen molar-refractivity contribution in [1.29, 1.82) is 0 Å². The Bertz CT molecular complexity index is 584. The number of amides is 1. The molecule has 0 aliphatic heterocycles. The fourth-order valence-electron chi connectivity index (χ4n) is 1.88. The molecule has 0 fully saturated rings. The van der Waals surface area contributed by atoms with Gasteiger partial charge in [-0.3, -0.25) is 0 Å². The summed E-state index contributed by atoms with van der Waals surface area (Å²) in [5, 5.41) is 11.4. The number of carbonyl (C=O) groups excluding carboxylic acids is 1. The number of benzene rings is 1. The highest BCUT2D eigenvalue weighted by Crippen LogP contribution is 2.28. The number of halogens is 2. The summed E-state index contributed by atoms with van der Waals surface area (Å²) >= 11 is 5.70. The molecule has 0 radical (unpaired) electrons. The summed E-state index contributed by atoms with van der Waals surface area (Å²) in [6.45, 7) is 6.85. The Kier molecular flexibility index (Phi) is 5.77. The summed E-state index contributed by atoms with van der Waals surface area (Å²) in [5.74, 6) is -2.42. The zero-order chi connectivity index (χ0) is 17.1. The van der Waals surface area contributed by atoms with Crippen molar-refractivity contribution in [2.24, 2.45) is 0 Å². The van der Waals surface area contributed by atoms with Crippen LogP contribution in [-0.2, 0) is 4.74 Å². The molecule has 0 saturated heterocycles. The topological polar surface area (TPSA) is 75.6 Å². The third-order valence-electron chi connectivity index (χ3n) is 2.81. The Labute approximate surface area is 133 Å². The van der Waals surface area contributed by atoms with Crippen LogP contribution in [0.15, 0.2) is 12.1 Å². The zero-order valence-corrected chi connectivity index (χ0v) is 13.6. The Morgan fingerprint density at radius 1 is 1.41 bits per heavy atom. The number of aromatic carboxylic acids is 1. The van der Waals surface area contributed by atoms with Crippen LogP contribution in [-0.4, -0.2) is 22.8 Å². The molecule has 5 nitrogen and oxygen atoms in total. The van der Waals surface area contributed by atoms with Gasteiger partial charge in [0.1, 0.15) is 17.0 Å². The number of rotatable bonds is 4. The van der Waals surface area contributed by atoms with E-state index in [9.17, 15) is 14.0 Å². The average molecular weight is 332 g/mol. The second-order valence-electron chi connectivity index (χ2n) is 5.74. The van der Waals surface area contributed by atoms with Gasteiger partial charge < -0.3 is 15.2 Å². The Hall–Kier alpha value is -1.82. The zero-order valence-electron chi connectivity index (χ0n) is 12.9. The first kappa shape index (κ1) is 18.2. The first-order valence-corrected chi connectivity index (χ1v) is 7.15. The van der Waals surface area contributed by atoms with Crippen LogP contribution in [0.5, 0.6) is 0 Å². The molecule has 1 aromatic carbocycles. The first-order valence-electron chi connectivity index (χ1n) is 6.77. The second kappa shape index (κ2) is 6.96. The van der Waals surface area contributed by atoms with E-state index in [-0.39, 0.29) is 10.6 Å². The summed E-state index contributed by atoms with van der Waals surface area (Å²) in [6.07, 6.45) is -0.345. The number of carboxylic acids is 1. The van der Waals surface area contributed by atoms with Crippen molar-refractivity contribution in [3.8, 4) is 0 Å². The summed E-state index contributed by atoms with van der Waals surface area (Å²) < 4.78 is 19.5. The molecule has 0 bridgehead atoms. The molecular formula is C15H19ClFNO4. The predicted molar refractivity (Wildman–Crippen MR) is 80.8 cm³/mol. The van der Waals surface area contributed by atoms with Crippen LogP contribution in [0.2, 0.25) is 5.02 Å². The van der Waals surface area contributed by atoms with Gasteiger partial charge in [0.2, 0.25) is 0 Å². The fourth-order valence-corrected chi connectivity index (χ4v) is 2.11. The number of hydrogen-bond donors (Lipinski definition) is 2. The molecule has 0 saturated carbocycles. The number of carbonyl (C=O) groups is 2. The minimum absolute atomic E-state index is 0.0511. The van der Waals surface area contributed by atoms with Gasteiger partial charge in [-0.1, -0.05) is 24.6 Å². The van der Waals surface area contributed by atoms with Gasteiger partial charge in [0.15, 0.2) is 0 Å². The van der Waals surface area contributed by atoms with Crippen LogP contribution in [0.1, 0.15) is 56.1 Å². The van der Waals surface area contributed by atoms with Gasteiger partial charge >= 0.3 is 12.1 Å². The molecule has 1 rings (SSSR count). The maximum absolute atomic E-state index is 14.4. The van der Waals surface area contributed by atoms with Gasteiger partial charge in [-0.25, -0.2) is 14.0 Å². The van der Waals surface area contributed by atoms with E-state index in [4.69, 9.17) is 21.4 Å². The lowest BCUT2D eigenvalue weighted by atomic mass is 10.0. The molecule has 0 heterocycles. The van der Waals surface area contributed by atoms with Gasteiger partial charge in [0.05, 0.1) is 11.1 Å². The molecule has 2 N–H and O–H groups in total. The van der Waals surface area contributed by atoms with Gasteiger partial charge in [-0.2, -0.15) is 0 Å². The summed E-state index contributed by atoms with van der Waals surface area (Å²) in [4.78, 5) is 22.9. The maximum atomic E-state index is 14.4. The number of ether oxygens (including phenoxy) is 1. The molecule has 0 spiro atoms. The number of carboxylic acid groups (broad SMARTS) is 1. The van der Waals surface area contributed by atoms with Crippen LogP contribution in [0.3, 0.4) is 0 Å². The van der Waals surface area contributed by atoms with Crippen molar-refractivity contribution >= 4 is 23.7 Å². The van der Waals surface area contributed by atoms with E-state index in [1.54, 1.807) is 27.7 Å². The molecule has 1 unspecified atom stereocenters. The standard InChI is InChI=1S/C15H19ClFNO4/c1-5-10(18-14(21)22-15(2,3)4)8-6-7-9(16)11(12(8)17)13(19)20/h6-7,10H,5H2,1-4H3,(H,18,21)(H,19,20). The summed E-state index contributed by atoms with van der Waals surface area (Å²) in [7, 11) is 0. The fraction of sp³-hybridized carbons (Fsp3) is 0.467. The highest BCUT2D eigenvalue weighted by molar-refractivity contribution is 6.33. The van der Waals surface area contributed by atoms with Crippen LogP contribution in [0.4, 0.5) is 9.18 Å². The number of hydrogen-bond acceptors (Lipinski definition) is 3. The van der Waals surface area contributed by atoms with E-state index in [1.165, 1.54) is 12.1 Å². The quantitative estimate of drug-likeness (QED) is 0.868. The average Bonchev–Trinajstić information content (AvgIpc) is 2.34. The van der Waals surface area contributed by atoms with Crippen molar-refractivity contribution < 1.29 is 23.8 Å². The maximum Gasteiger partial charge on any atom is 0.408 e. The number of alkyl carbamates (subject to hydrolysis) is 1. The SMILES string of the molecule is CCC(NC(=O)OC(C)(C)C)c1ccc(Cl)c(C(=O)O)c1F. The van der Waals surface area contributed by atoms with Gasteiger partial charge in [-0.15, -0.1) is 0 Å². The first-order chi connectivity index (χ1) is 10.1. The van der Waals surface area contributed by atoms with Crippen LogP contribution < -0.4 is 5.32 Å². The summed E-state index contributed by atoms with van der Waals surface area (Å²) in [6, 6.07) is 1.93. The van der Waals surface area contributed by atoms with E-state index in [0.29, 0.717) is 6.42 Å². The smallest absolute Gasteiger partial charge is 0.408 e. The summed E-state index contributed by atoms with van der Waals surface area (Å²) in [5.41, 5.74) is -1.24. The second-order valence-corrected chi connectivity index (χ2v) is 6.15. The van der Waals surface area contributed by atoms with Crippen molar-refractivity contribution in [1.82, 2.24) is 5.32 Å². The van der Waals surface area contributed by atoms with Crippen molar-refractivity contribution in [3.05, 3.63) is 34.1 Å². The third kappa shape index (κ3) is 4.59. The largest absolute Gasteiger partial charge is 0.478 e. The minimum atomic E-state index is -1.46. The molecule has 0 aromatic heterocycles. The van der Waals surface area contributed by atoms with Crippen molar-refractivity contribution in [2.45, 2.75) is 45.8 Å². The van der Waals surface area contributed by atoms with Crippen LogP contribution >= 0.6 is 11.6 Å². The van der Waals surface area contributed by atoms with Crippen LogP contribution in [0, 0.1) is 5.82 Å². The van der Waals surface area contributed by atoms with Crippen molar-refractivity contribution in [3.63, 3.8) is 0 Å². The lowest BCUT2D eigenvalue weighted by Gasteiger charge is -2.23. The molecule has 22 heavy (non-hydrogen) atoms. The lowest BCUT2D eigenvalue weighted by Crippen LogP contribution is -2.35. The molecule has 1 atom stereocenters. The lowest BCUT2D eigenvalue weighted by molar-refractivity contribution is 0.0501. The van der Waals surface area contributed by atoms with Gasteiger partial charge in [-0.05, 0) is 33.3 Å². The molecule has 0 aliphatic carbocycles. The Morgan fingerprint density at radius 3 is 2.45 bits per heavy atom. The van der Waals surface area contributed by atoms with E-state index < -0.39 is 35.1 Å². The molecule has 1 aromatic rings. The van der Waals surface area contributed by atoms with E-state index in [1.807, 2.05) is 0 Å². The minimum Gasteiger partial charge on any atom is -0.478 e. The highest BCUT2D eigenvalue weighted by Gasteiger charge is 2.25. The van der Waals surface area contributed by atoms with E-state index >= 15 is 0 Å². The predicted octanol–water partition coefficient (Wildman–Crippen LogP) is 4.15. The van der Waals surface area contributed by atoms with Crippen molar-refractivity contribution in [2.75, 3.05) is 0 Å². The van der Waals surface area contributed by atoms with Crippen LogP contribution in [0.25, 0.3) is 0 Å². The Balaban J connectivity index is 3.09. The Morgan fingerprint density at radius 2 is 2.00 bits per heavy atom. The normalized spacial score (nSPS) is 12.6. The molecule has 0 aliphatic rings. The van der Waals surface area contributed by atoms with Gasteiger partial charge in [0.25, 0.3) is 0 Å². The van der Waals surface area contributed by atoms with E-state index in [0.717, 1.165) is 0 Å². The van der Waals surface area contributed by atoms with Gasteiger partial charge in [0, 0.05) is 5.56 Å². The third-order valence-corrected chi connectivity index (χ3v) is 3.12. The molecule has 7 heteroatoms.